The highest BCUT2D eigenvalue weighted by molar-refractivity contribution is 9.10. The van der Waals surface area contributed by atoms with Crippen molar-refractivity contribution in [3.05, 3.63) is 40.1 Å². The highest BCUT2D eigenvalue weighted by Crippen LogP contribution is 2.36. The lowest BCUT2D eigenvalue weighted by Gasteiger charge is -1.95. The number of aromatic amines is 1. The third-order valence-electron chi connectivity index (χ3n) is 2.64. The van der Waals surface area contributed by atoms with Crippen LogP contribution in [-0.4, -0.2) is 9.97 Å². The number of fused-ring (bicyclic) bond motifs is 1. The van der Waals surface area contributed by atoms with Crippen molar-refractivity contribution in [2.24, 2.45) is 5.73 Å². The van der Waals surface area contributed by atoms with Crippen molar-refractivity contribution in [3.63, 3.8) is 0 Å². The average Bonchev–Trinajstić information content (AvgIpc) is 2.92. The van der Waals surface area contributed by atoms with Gasteiger partial charge in [-0.15, -0.1) is 11.3 Å². The summed E-state index contributed by atoms with van der Waals surface area (Å²) in [5.41, 5.74) is 7.67. The van der Waals surface area contributed by atoms with Crippen LogP contribution in [0.2, 0.25) is 0 Å². The quantitative estimate of drug-likeness (QED) is 0.761. The number of hydrogen-bond acceptors (Lipinski definition) is 3. The molecular weight excluding hydrogens is 298 g/mol. The Morgan fingerprint density at radius 1 is 1.35 bits per heavy atom. The van der Waals surface area contributed by atoms with Crippen LogP contribution in [0, 0.1) is 0 Å². The van der Waals surface area contributed by atoms with Crippen molar-refractivity contribution in [1.29, 1.82) is 0 Å². The van der Waals surface area contributed by atoms with Gasteiger partial charge in [0.1, 0.15) is 16.1 Å². The number of nitrogens with two attached hydrogens (primary N) is 1. The van der Waals surface area contributed by atoms with Gasteiger partial charge in [-0.05, 0) is 22.0 Å². The van der Waals surface area contributed by atoms with Gasteiger partial charge in [0.05, 0.1) is 6.54 Å². The Labute approximate surface area is 111 Å². The molecule has 0 unspecified atom stereocenters. The minimum absolute atomic E-state index is 0.417. The molecule has 0 bridgehead atoms. The second-order valence-electron chi connectivity index (χ2n) is 3.70. The number of aromatic nitrogens is 2. The number of rotatable bonds is 2. The summed E-state index contributed by atoms with van der Waals surface area (Å²) in [4.78, 5) is 7.63. The molecule has 0 spiro atoms. The van der Waals surface area contributed by atoms with Crippen molar-refractivity contribution in [2.75, 3.05) is 0 Å². The van der Waals surface area contributed by atoms with Crippen LogP contribution >= 0.6 is 27.3 Å². The molecule has 3 nitrogen and oxygen atoms in total. The lowest BCUT2D eigenvalue weighted by Crippen LogP contribution is -1.97. The zero-order valence-electron chi connectivity index (χ0n) is 8.90. The molecule has 0 atom stereocenters. The van der Waals surface area contributed by atoms with Crippen LogP contribution in [-0.2, 0) is 6.54 Å². The molecule has 3 N–H and O–H groups in total. The fourth-order valence-electron chi connectivity index (χ4n) is 1.83. The van der Waals surface area contributed by atoms with Crippen LogP contribution in [0.4, 0.5) is 0 Å². The Morgan fingerprint density at radius 3 is 2.94 bits per heavy atom. The van der Waals surface area contributed by atoms with Crippen LogP contribution in [0.25, 0.3) is 21.3 Å². The van der Waals surface area contributed by atoms with Crippen LogP contribution in [0.3, 0.4) is 0 Å². The van der Waals surface area contributed by atoms with Crippen molar-refractivity contribution >= 4 is 37.4 Å². The van der Waals surface area contributed by atoms with E-state index in [1.165, 1.54) is 10.1 Å². The largest absolute Gasteiger partial charge is 0.335 e. The predicted octanol–water partition coefficient (Wildman–Crippen LogP) is 3.51. The zero-order valence-corrected chi connectivity index (χ0v) is 11.3. The van der Waals surface area contributed by atoms with E-state index in [-0.39, 0.29) is 0 Å². The van der Waals surface area contributed by atoms with E-state index < -0.39 is 0 Å². The predicted molar refractivity (Wildman–Crippen MR) is 75.0 cm³/mol. The van der Waals surface area contributed by atoms with Crippen molar-refractivity contribution < 1.29 is 0 Å². The van der Waals surface area contributed by atoms with E-state index in [0.717, 1.165) is 21.7 Å². The number of nitrogens with one attached hydrogen (secondary N) is 1. The lowest BCUT2D eigenvalue weighted by molar-refractivity contribution is 0.947. The third-order valence-corrected chi connectivity index (χ3v) is 4.18. The maximum atomic E-state index is 5.59. The number of imidazole rings is 1. The van der Waals surface area contributed by atoms with Gasteiger partial charge in [-0.25, -0.2) is 4.98 Å². The van der Waals surface area contributed by atoms with Crippen LogP contribution in [0.15, 0.2) is 34.2 Å². The maximum absolute atomic E-state index is 5.59. The first-order valence-corrected chi connectivity index (χ1v) is 6.88. The molecule has 2 aromatic heterocycles. The maximum Gasteiger partial charge on any atom is 0.121 e. The van der Waals surface area contributed by atoms with Gasteiger partial charge in [-0.1, -0.05) is 18.2 Å². The summed E-state index contributed by atoms with van der Waals surface area (Å²) < 4.78 is 2.16. The smallest absolute Gasteiger partial charge is 0.121 e. The Balaban J connectivity index is 2.23. The number of halogens is 1. The molecular formula is C12H10BrN3S. The topological polar surface area (TPSA) is 54.7 Å². The second kappa shape index (κ2) is 4.25. The van der Waals surface area contributed by atoms with Crippen LogP contribution < -0.4 is 5.73 Å². The van der Waals surface area contributed by atoms with E-state index in [2.05, 4.69) is 43.4 Å². The molecule has 0 amide bonds. The molecule has 0 radical (unpaired) electrons. The highest BCUT2D eigenvalue weighted by Gasteiger charge is 2.13. The molecule has 0 saturated carbocycles. The van der Waals surface area contributed by atoms with Gasteiger partial charge < -0.3 is 10.7 Å². The molecule has 1 aromatic carbocycles. The molecule has 5 heteroatoms. The number of nitrogens with zero attached hydrogens (tertiary/aromatic N) is 1. The van der Waals surface area contributed by atoms with Crippen molar-refractivity contribution in [2.45, 2.75) is 6.54 Å². The second-order valence-corrected chi connectivity index (χ2v) is 5.40. The monoisotopic (exact) mass is 307 g/mol. The fraction of sp³-hybridized carbons (Fsp3) is 0.0833. The molecule has 2 heterocycles. The Hall–Kier alpha value is -1.17. The first-order chi connectivity index (χ1) is 8.29. The van der Waals surface area contributed by atoms with Gasteiger partial charge in [0.25, 0.3) is 0 Å². The van der Waals surface area contributed by atoms with Crippen LogP contribution in [0.1, 0.15) is 5.82 Å². The fourth-order valence-corrected chi connectivity index (χ4v) is 3.31. The van der Waals surface area contributed by atoms with Gasteiger partial charge in [-0.3, -0.25) is 0 Å². The first-order valence-electron chi connectivity index (χ1n) is 5.20. The lowest BCUT2D eigenvalue weighted by atomic mass is 10.1. The normalized spacial score (nSPS) is 11.2. The molecule has 3 rings (SSSR count). The minimum atomic E-state index is 0.417. The van der Waals surface area contributed by atoms with E-state index in [1.807, 2.05) is 12.1 Å². The van der Waals surface area contributed by atoms with Crippen molar-refractivity contribution in [3.8, 4) is 11.3 Å². The summed E-state index contributed by atoms with van der Waals surface area (Å²) in [5.74, 6) is 0.794. The van der Waals surface area contributed by atoms with E-state index >= 15 is 0 Å². The molecule has 3 aromatic rings. The van der Waals surface area contributed by atoms with Gasteiger partial charge in [0.15, 0.2) is 0 Å². The third kappa shape index (κ3) is 1.80. The van der Waals surface area contributed by atoms with E-state index in [9.17, 15) is 0 Å². The summed E-state index contributed by atoms with van der Waals surface area (Å²) in [6.45, 7) is 0.417. The first kappa shape index (κ1) is 11.0. The molecule has 0 fully saturated rings. The standard InChI is InChI=1S/C12H10BrN3S/c13-12-11(15-10(5-14)16-12)8-6-17-9-4-2-1-3-7(8)9/h1-4,6H,5,14H2,(H,15,16). The summed E-state index contributed by atoms with van der Waals surface area (Å²) in [7, 11) is 0. The molecule has 0 aliphatic rings. The zero-order chi connectivity index (χ0) is 11.8. The van der Waals surface area contributed by atoms with Crippen LogP contribution in [0.5, 0.6) is 0 Å². The molecule has 0 saturated heterocycles. The molecule has 0 aliphatic heterocycles. The van der Waals surface area contributed by atoms with E-state index in [4.69, 9.17) is 5.73 Å². The summed E-state index contributed by atoms with van der Waals surface area (Å²) in [6, 6.07) is 8.33. The van der Waals surface area contributed by atoms with Gasteiger partial charge in [0, 0.05) is 21.0 Å². The van der Waals surface area contributed by atoms with Gasteiger partial charge in [0.2, 0.25) is 0 Å². The average molecular weight is 308 g/mol. The number of H-pyrrole nitrogens is 1. The summed E-state index contributed by atoms with van der Waals surface area (Å²) in [6.07, 6.45) is 0. The van der Waals surface area contributed by atoms with E-state index in [0.29, 0.717) is 6.54 Å². The van der Waals surface area contributed by atoms with E-state index in [1.54, 1.807) is 11.3 Å². The summed E-state index contributed by atoms with van der Waals surface area (Å²) >= 11 is 5.22. The highest BCUT2D eigenvalue weighted by atomic mass is 79.9. The molecule has 17 heavy (non-hydrogen) atoms. The molecule has 0 aliphatic carbocycles. The number of thiophene rings is 1. The minimum Gasteiger partial charge on any atom is -0.335 e. The Morgan fingerprint density at radius 2 is 2.18 bits per heavy atom. The Bertz CT molecular complexity index is 671. The Kier molecular flexibility index (Phi) is 2.74. The van der Waals surface area contributed by atoms with Gasteiger partial charge in [-0.2, -0.15) is 0 Å². The number of benzene rings is 1. The van der Waals surface area contributed by atoms with Gasteiger partial charge >= 0.3 is 0 Å². The number of hydrogen-bond donors (Lipinski definition) is 2. The molecule has 86 valence electrons. The summed E-state index contributed by atoms with van der Waals surface area (Å²) in [5, 5.41) is 3.36. The van der Waals surface area contributed by atoms with Crippen molar-refractivity contribution in [1.82, 2.24) is 9.97 Å². The SMILES string of the molecule is NCc1nc(-c2csc3ccccc23)c(Br)[nH]1.